The summed E-state index contributed by atoms with van der Waals surface area (Å²) in [7, 11) is 4.55. The van der Waals surface area contributed by atoms with Gasteiger partial charge in [-0.15, -0.1) is 5.10 Å². The molecule has 0 bridgehead atoms. The van der Waals surface area contributed by atoms with Crippen molar-refractivity contribution in [2.75, 3.05) is 47.5 Å². The zero-order valence-electron chi connectivity index (χ0n) is 18.7. The lowest BCUT2D eigenvalue weighted by atomic mass is 10.1. The van der Waals surface area contributed by atoms with Crippen LogP contribution in [0.1, 0.15) is 16.2 Å². The van der Waals surface area contributed by atoms with Crippen molar-refractivity contribution in [3.05, 3.63) is 53.6 Å². The number of aromatic nitrogens is 4. The van der Waals surface area contributed by atoms with Crippen LogP contribution in [0.3, 0.4) is 0 Å². The van der Waals surface area contributed by atoms with Gasteiger partial charge < -0.3 is 19.1 Å². The number of benzene rings is 2. The van der Waals surface area contributed by atoms with Gasteiger partial charge in [0, 0.05) is 31.7 Å². The van der Waals surface area contributed by atoms with Crippen LogP contribution >= 0.6 is 0 Å². The van der Waals surface area contributed by atoms with Gasteiger partial charge >= 0.3 is 0 Å². The molecule has 0 N–H and O–H groups in total. The van der Waals surface area contributed by atoms with E-state index >= 15 is 0 Å². The summed E-state index contributed by atoms with van der Waals surface area (Å²) in [5, 5.41) is 11.8. The third-order valence-corrected chi connectivity index (χ3v) is 5.52. The van der Waals surface area contributed by atoms with Gasteiger partial charge in [0.2, 0.25) is 5.75 Å². The van der Waals surface area contributed by atoms with E-state index in [2.05, 4.69) is 20.4 Å². The molecular formula is C22H25FN6O4. The molecule has 1 aliphatic rings. The van der Waals surface area contributed by atoms with Gasteiger partial charge in [-0.05, 0) is 40.8 Å². The van der Waals surface area contributed by atoms with Gasteiger partial charge in [0.1, 0.15) is 5.82 Å². The molecule has 1 fully saturated rings. The fraction of sp³-hybridized carbons (Fsp3) is 0.364. The zero-order chi connectivity index (χ0) is 23.4. The van der Waals surface area contributed by atoms with Crippen LogP contribution in [0.4, 0.5) is 4.39 Å². The standard InChI is InChI=1S/C22H25FN6O4/c1-31-18-11-15(12-19(32-2)21(18)33-3)22(30)28-9-7-27(8-10-28)14-20-24-25-26-29(20)17-6-4-5-16(23)13-17/h4-6,11-13H,7-10,14H2,1-3H3. The Morgan fingerprint density at radius 1 is 1.00 bits per heavy atom. The molecule has 33 heavy (non-hydrogen) atoms. The molecule has 2 aromatic carbocycles. The molecule has 0 atom stereocenters. The number of halogens is 1. The summed E-state index contributed by atoms with van der Waals surface area (Å²) in [4.78, 5) is 17.1. The third-order valence-electron chi connectivity index (χ3n) is 5.52. The topological polar surface area (TPSA) is 94.8 Å². The van der Waals surface area contributed by atoms with Crippen LogP contribution in [-0.4, -0.2) is 83.4 Å². The first-order valence-corrected chi connectivity index (χ1v) is 10.4. The number of rotatable bonds is 7. The van der Waals surface area contributed by atoms with Gasteiger partial charge in [-0.1, -0.05) is 6.07 Å². The number of ether oxygens (including phenoxy) is 3. The second kappa shape index (κ2) is 9.82. The van der Waals surface area contributed by atoms with Crippen LogP contribution in [0.25, 0.3) is 5.69 Å². The van der Waals surface area contributed by atoms with E-state index < -0.39 is 0 Å². The zero-order valence-corrected chi connectivity index (χ0v) is 18.7. The lowest BCUT2D eigenvalue weighted by Crippen LogP contribution is -2.48. The van der Waals surface area contributed by atoms with Crippen molar-refractivity contribution in [1.29, 1.82) is 0 Å². The highest BCUT2D eigenvalue weighted by molar-refractivity contribution is 5.95. The minimum Gasteiger partial charge on any atom is -0.493 e. The lowest BCUT2D eigenvalue weighted by Gasteiger charge is -2.34. The number of carbonyl (C=O) groups is 1. The van der Waals surface area contributed by atoms with E-state index in [-0.39, 0.29) is 11.7 Å². The summed E-state index contributed by atoms with van der Waals surface area (Å²) in [6.45, 7) is 2.85. The van der Waals surface area contributed by atoms with Crippen molar-refractivity contribution < 1.29 is 23.4 Å². The second-order valence-corrected chi connectivity index (χ2v) is 7.47. The molecule has 0 unspecified atom stereocenters. The molecule has 0 radical (unpaired) electrons. The molecule has 1 aromatic heterocycles. The van der Waals surface area contributed by atoms with Crippen molar-refractivity contribution in [3.8, 4) is 22.9 Å². The normalized spacial score (nSPS) is 14.2. The average molecular weight is 456 g/mol. The van der Waals surface area contributed by atoms with Crippen LogP contribution in [0, 0.1) is 5.82 Å². The van der Waals surface area contributed by atoms with Crippen LogP contribution in [0.2, 0.25) is 0 Å². The van der Waals surface area contributed by atoms with Gasteiger partial charge in [-0.2, -0.15) is 4.68 Å². The minimum absolute atomic E-state index is 0.113. The first-order chi connectivity index (χ1) is 16.0. The fourth-order valence-electron chi connectivity index (χ4n) is 3.81. The molecule has 4 rings (SSSR count). The van der Waals surface area contributed by atoms with Crippen molar-refractivity contribution >= 4 is 5.91 Å². The summed E-state index contributed by atoms with van der Waals surface area (Å²) in [5.74, 6) is 1.44. The summed E-state index contributed by atoms with van der Waals surface area (Å²) < 4.78 is 31.2. The van der Waals surface area contributed by atoms with E-state index in [1.54, 1.807) is 29.2 Å². The number of methoxy groups -OCH3 is 3. The summed E-state index contributed by atoms with van der Waals surface area (Å²) in [6, 6.07) is 9.43. The van der Waals surface area contributed by atoms with Gasteiger partial charge in [0.05, 0.1) is 33.6 Å². The first-order valence-electron chi connectivity index (χ1n) is 10.4. The highest BCUT2D eigenvalue weighted by atomic mass is 19.1. The predicted octanol–water partition coefficient (Wildman–Crippen LogP) is 1.79. The highest BCUT2D eigenvalue weighted by Crippen LogP contribution is 2.38. The summed E-state index contributed by atoms with van der Waals surface area (Å²) in [6.07, 6.45) is 0. The highest BCUT2D eigenvalue weighted by Gasteiger charge is 2.26. The summed E-state index contributed by atoms with van der Waals surface area (Å²) >= 11 is 0. The summed E-state index contributed by atoms with van der Waals surface area (Å²) in [5.41, 5.74) is 1.03. The van der Waals surface area contributed by atoms with E-state index in [0.29, 0.717) is 67.0 Å². The monoisotopic (exact) mass is 456 g/mol. The number of piperazine rings is 1. The molecule has 0 aliphatic carbocycles. The number of tetrazole rings is 1. The Labute approximate surface area is 190 Å². The molecule has 2 heterocycles. The van der Waals surface area contributed by atoms with E-state index in [0.717, 1.165) is 0 Å². The number of amides is 1. The second-order valence-electron chi connectivity index (χ2n) is 7.47. The maximum absolute atomic E-state index is 13.6. The smallest absolute Gasteiger partial charge is 0.254 e. The van der Waals surface area contributed by atoms with Crippen LogP contribution in [0.5, 0.6) is 17.2 Å². The molecule has 1 aliphatic heterocycles. The molecule has 3 aromatic rings. The van der Waals surface area contributed by atoms with Gasteiger partial charge in [-0.25, -0.2) is 4.39 Å². The Bertz CT molecular complexity index is 1100. The van der Waals surface area contributed by atoms with Crippen molar-refractivity contribution in [2.45, 2.75) is 6.54 Å². The lowest BCUT2D eigenvalue weighted by molar-refractivity contribution is 0.0623. The maximum Gasteiger partial charge on any atom is 0.254 e. The number of hydrogen-bond acceptors (Lipinski definition) is 8. The number of hydrogen-bond donors (Lipinski definition) is 0. The number of nitrogens with zero attached hydrogens (tertiary/aromatic N) is 6. The Balaban J connectivity index is 1.42. The van der Waals surface area contributed by atoms with Crippen LogP contribution < -0.4 is 14.2 Å². The van der Waals surface area contributed by atoms with E-state index in [4.69, 9.17) is 14.2 Å². The first kappa shape index (κ1) is 22.5. The Morgan fingerprint density at radius 2 is 1.70 bits per heavy atom. The molecule has 0 saturated carbocycles. The quantitative estimate of drug-likeness (QED) is 0.531. The van der Waals surface area contributed by atoms with Gasteiger partial charge in [0.25, 0.3) is 5.91 Å². The van der Waals surface area contributed by atoms with E-state index in [9.17, 15) is 9.18 Å². The molecule has 1 amide bonds. The molecule has 174 valence electrons. The molecule has 1 saturated heterocycles. The Kier molecular flexibility index (Phi) is 6.68. The SMILES string of the molecule is COc1cc(C(=O)N2CCN(Cc3nnnn3-c3cccc(F)c3)CC2)cc(OC)c1OC. The largest absolute Gasteiger partial charge is 0.493 e. The van der Waals surface area contributed by atoms with Gasteiger partial charge in [-0.3, -0.25) is 9.69 Å². The van der Waals surface area contributed by atoms with Crippen LogP contribution in [0.15, 0.2) is 36.4 Å². The molecule has 10 nitrogen and oxygen atoms in total. The molecule has 0 spiro atoms. The van der Waals surface area contributed by atoms with Crippen molar-refractivity contribution in [1.82, 2.24) is 30.0 Å². The molecular weight excluding hydrogens is 431 g/mol. The van der Waals surface area contributed by atoms with Crippen molar-refractivity contribution in [2.24, 2.45) is 0 Å². The van der Waals surface area contributed by atoms with E-state index in [1.165, 1.54) is 38.1 Å². The fourth-order valence-corrected chi connectivity index (χ4v) is 3.81. The maximum atomic E-state index is 13.6. The number of carbonyl (C=O) groups excluding carboxylic acids is 1. The average Bonchev–Trinajstić information content (AvgIpc) is 3.31. The van der Waals surface area contributed by atoms with Crippen LogP contribution in [-0.2, 0) is 6.54 Å². The Hall–Kier alpha value is -3.73. The minimum atomic E-state index is -0.354. The van der Waals surface area contributed by atoms with E-state index in [1.807, 2.05) is 0 Å². The predicted molar refractivity (Wildman–Crippen MR) is 116 cm³/mol. The molecule has 11 heteroatoms. The van der Waals surface area contributed by atoms with Crippen molar-refractivity contribution in [3.63, 3.8) is 0 Å². The Morgan fingerprint density at radius 3 is 2.30 bits per heavy atom. The third kappa shape index (κ3) is 4.72. The van der Waals surface area contributed by atoms with Gasteiger partial charge in [0.15, 0.2) is 17.3 Å².